The highest BCUT2D eigenvalue weighted by Gasteiger charge is 2.64. The molecule has 1 N–H and O–H groups in total. The van der Waals surface area contributed by atoms with E-state index in [1.807, 2.05) is 0 Å². The molecule has 3 fully saturated rings. The van der Waals surface area contributed by atoms with Crippen LogP contribution in [0.2, 0.25) is 0 Å². The Kier molecular flexibility index (Phi) is 18.6. The van der Waals surface area contributed by atoms with E-state index in [2.05, 4.69) is 0 Å². The molecule has 0 spiro atoms. The maximum absolute atomic E-state index is 15.5. The zero-order chi connectivity index (χ0) is 67.8. The second kappa shape index (κ2) is 27.7. The Bertz CT molecular complexity index is 4090. The molecule has 7 unspecified atom stereocenters. The monoisotopic (exact) mass is 1320 g/mol. The van der Waals surface area contributed by atoms with Gasteiger partial charge >= 0.3 is 23.9 Å². The molecule has 6 aliphatic rings. The molecule has 6 aliphatic heterocycles. The fourth-order valence-electron chi connectivity index (χ4n) is 13.3. The summed E-state index contributed by atoms with van der Waals surface area (Å²) >= 11 is 0. The van der Waals surface area contributed by atoms with Gasteiger partial charge in [0.05, 0.1) is 67.8 Å². The Morgan fingerprint density at radius 3 is 0.979 bits per heavy atom. The fourth-order valence-corrected chi connectivity index (χ4v) is 13.3. The molecule has 15 atom stereocenters. The van der Waals surface area contributed by atoms with Gasteiger partial charge in [-0.15, -0.1) is 0 Å². The number of carbonyl (C=O) groups excluding carboxylic acids is 10. The van der Waals surface area contributed by atoms with Crippen molar-refractivity contribution < 1.29 is 100 Å². The SMILES string of the molecule is CCC1O[C@H](OC2C(COC(=O)c3ccccc3)OC(O[C@@H]3C(CC)O[C@H](OC)[C@@H](N4C(=O)c5ccccc5C4=O)C3OC(=O)c3ccccc3)[C@H](N3C(=O)c4ccccc4C3=O)[C@H]2OC(=O)c2ccccc2)[C@@H](N2C(=O)c3ccccc3C2=O)C(OC(=O)c2ccccc2)[C@@H]1O. The van der Waals surface area contributed by atoms with Crippen molar-refractivity contribution in [2.24, 2.45) is 0 Å². The highest BCUT2D eigenvalue weighted by atomic mass is 16.8. The first-order valence-corrected chi connectivity index (χ1v) is 31.5. The van der Waals surface area contributed by atoms with Crippen LogP contribution in [0.1, 0.15) is 130 Å². The Morgan fingerprint density at radius 2 is 0.639 bits per heavy atom. The summed E-state index contributed by atoms with van der Waals surface area (Å²) in [6.07, 6.45) is -21.8. The standard InChI is InChI=1S/C73H63N3O21/c1-4-49-55(77)58(93-68(85)40-26-12-7-13-27-40)52(74-61(78)43-32-18-19-33-44(43)62(74)79)72(90-49)97-57-51(38-89-67(84)39-24-10-6-11-25-39)92-73(54(60(57)95-70(87)42-30-16-9-17-31-42)76-65(82)47-36-22-23-37-48(47)66(76)83)96-56-50(5-2)91-71(88-3)53(59(56)94-69(86)41-28-14-8-15-29-41)75-63(80)45-34-20-21-35-46(45)64(75)81/h6-37,49-60,71-73,77H,4-5,38H2,1-3H3/t49?,50?,51?,52-,53-,54+,55+,56+,57?,58?,59?,60+,71-,72+,73?/m0/s1. The molecule has 7 aromatic carbocycles. The zero-order valence-electron chi connectivity index (χ0n) is 52.2. The topological polar surface area (TPSA) is 293 Å². The third-order valence-electron chi connectivity index (χ3n) is 18.0. The summed E-state index contributed by atoms with van der Waals surface area (Å²) < 4.78 is 66.3. The van der Waals surface area contributed by atoms with Gasteiger partial charge in [-0.2, -0.15) is 0 Å². The van der Waals surface area contributed by atoms with E-state index in [1.165, 1.54) is 128 Å². The lowest BCUT2D eigenvalue weighted by Crippen LogP contribution is -2.72. The number of esters is 4. The predicted octanol–water partition coefficient (Wildman–Crippen LogP) is 7.29. The van der Waals surface area contributed by atoms with Crippen molar-refractivity contribution in [3.63, 3.8) is 0 Å². The summed E-state index contributed by atoms with van der Waals surface area (Å²) in [5.74, 6) is -9.51. The number of fused-ring (bicyclic) bond motifs is 3. The van der Waals surface area contributed by atoms with Gasteiger partial charge in [0.1, 0.15) is 49.1 Å². The van der Waals surface area contributed by atoms with Gasteiger partial charge in [0.25, 0.3) is 35.4 Å². The molecule has 24 nitrogen and oxygen atoms in total. The number of nitrogens with zero attached hydrogens (tertiary/aromatic N) is 3. The van der Waals surface area contributed by atoms with Gasteiger partial charge in [-0.05, 0) is 97.8 Å². The van der Waals surface area contributed by atoms with Crippen LogP contribution in [0.15, 0.2) is 194 Å². The molecule has 24 heteroatoms. The van der Waals surface area contributed by atoms with Gasteiger partial charge < -0.3 is 52.5 Å². The van der Waals surface area contributed by atoms with Crippen LogP contribution in [-0.2, 0) is 47.4 Å². The largest absolute Gasteiger partial charge is 0.459 e. The molecule has 0 saturated carbocycles. The summed E-state index contributed by atoms with van der Waals surface area (Å²) in [5.41, 5.74) is -0.433. The first-order valence-electron chi connectivity index (χ1n) is 31.5. The van der Waals surface area contributed by atoms with Crippen molar-refractivity contribution in [1.29, 1.82) is 0 Å². The van der Waals surface area contributed by atoms with Crippen LogP contribution in [0, 0.1) is 0 Å². The predicted molar refractivity (Wildman–Crippen MR) is 335 cm³/mol. The minimum atomic E-state index is -2.18. The summed E-state index contributed by atoms with van der Waals surface area (Å²) in [7, 11) is 1.25. The van der Waals surface area contributed by atoms with E-state index < -0.39 is 158 Å². The summed E-state index contributed by atoms with van der Waals surface area (Å²) in [6, 6.07) is 42.5. The van der Waals surface area contributed by atoms with E-state index in [1.54, 1.807) is 86.6 Å². The van der Waals surface area contributed by atoms with E-state index >= 15 is 14.4 Å². The van der Waals surface area contributed by atoms with Gasteiger partial charge in [0.15, 0.2) is 37.2 Å². The van der Waals surface area contributed by atoms with Crippen LogP contribution < -0.4 is 0 Å². The van der Waals surface area contributed by atoms with E-state index in [0.29, 0.717) is 0 Å². The lowest BCUT2D eigenvalue weighted by Gasteiger charge is -2.53. The Hall–Kier alpha value is -10.4. The Labute approximate surface area is 554 Å². The number of amides is 6. The van der Waals surface area contributed by atoms with Gasteiger partial charge in [0, 0.05) is 7.11 Å². The van der Waals surface area contributed by atoms with Crippen molar-refractivity contribution in [3.8, 4) is 0 Å². The number of imide groups is 3. The molecule has 13 rings (SSSR count). The van der Waals surface area contributed by atoms with Crippen LogP contribution in [0.4, 0.5) is 0 Å². The number of rotatable bonds is 19. The summed E-state index contributed by atoms with van der Waals surface area (Å²) in [5, 5.41) is 12.4. The van der Waals surface area contributed by atoms with E-state index in [9.17, 15) is 38.7 Å². The molecular formula is C73H63N3O21. The number of aliphatic hydroxyl groups excluding tert-OH is 1. The second-order valence-corrected chi connectivity index (χ2v) is 23.6. The van der Waals surface area contributed by atoms with Crippen molar-refractivity contribution >= 4 is 59.3 Å². The number of carbonyl (C=O) groups is 10. The normalized spacial score (nSPS) is 27.4. The average Bonchev–Trinajstić information content (AvgIpc) is 1.69. The smallest absolute Gasteiger partial charge is 0.338 e. The number of hydrogen-bond acceptors (Lipinski definition) is 21. The van der Waals surface area contributed by atoms with Gasteiger partial charge in [-0.25, -0.2) is 19.2 Å². The Balaban J connectivity index is 1.00. The molecule has 0 radical (unpaired) electrons. The minimum Gasteiger partial charge on any atom is -0.459 e. The highest BCUT2D eigenvalue weighted by molar-refractivity contribution is 6.23. The van der Waals surface area contributed by atoms with Gasteiger partial charge in [0.2, 0.25) is 0 Å². The van der Waals surface area contributed by atoms with Crippen LogP contribution in [0.5, 0.6) is 0 Å². The van der Waals surface area contributed by atoms with Crippen LogP contribution >= 0.6 is 0 Å². The summed E-state index contributed by atoms with van der Waals surface area (Å²) in [6.45, 7) is 2.41. The number of hydrogen-bond donors (Lipinski definition) is 1. The molecule has 7 aromatic rings. The first-order chi connectivity index (χ1) is 47.1. The maximum atomic E-state index is 15.5. The van der Waals surface area contributed by atoms with Crippen molar-refractivity contribution in [2.75, 3.05) is 13.7 Å². The van der Waals surface area contributed by atoms with Gasteiger partial charge in [-0.3, -0.25) is 43.5 Å². The van der Waals surface area contributed by atoms with Gasteiger partial charge in [-0.1, -0.05) is 123 Å². The molecule has 0 bridgehead atoms. The molecule has 6 amide bonds. The molecule has 97 heavy (non-hydrogen) atoms. The number of methoxy groups -OCH3 is 1. The molecule has 6 heterocycles. The molecule has 0 aliphatic carbocycles. The molecule has 496 valence electrons. The van der Waals surface area contributed by atoms with E-state index in [-0.39, 0.29) is 68.5 Å². The molecule has 0 aromatic heterocycles. The first kappa shape index (κ1) is 65.2. The lowest BCUT2D eigenvalue weighted by atomic mass is 9.91. The number of benzene rings is 7. The van der Waals surface area contributed by atoms with Crippen molar-refractivity contribution in [3.05, 3.63) is 250 Å². The van der Waals surface area contributed by atoms with Crippen LogP contribution in [0.3, 0.4) is 0 Å². The highest BCUT2D eigenvalue weighted by Crippen LogP contribution is 2.44. The maximum Gasteiger partial charge on any atom is 0.338 e. The molecule has 3 saturated heterocycles. The van der Waals surface area contributed by atoms with E-state index in [0.717, 1.165) is 14.7 Å². The zero-order valence-corrected chi connectivity index (χ0v) is 52.2. The summed E-state index contributed by atoms with van der Waals surface area (Å²) in [4.78, 5) is 152. The van der Waals surface area contributed by atoms with Crippen molar-refractivity contribution in [1.82, 2.24) is 14.7 Å². The third-order valence-corrected chi connectivity index (χ3v) is 18.0. The van der Waals surface area contributed by atoms with Crippen LogP contribution in [-0.4, -0.2) is 185 Å². The minimum absolute atomic E-state index is 0.00140. The lowest BCUT2D eigenvalue weighted by molar-refractivity contribution is -0.357. The van der Waals surface area contributed by atoms with Crippen molar-refractivity contribution in [2.45, 2.75) is 119 Å². The quantitative estimate of drug-likeness (QED) is 0.0472. The fraction of sp³-hybridized carbons (Fsp3) is 0.288. The Morgan fingerprint density at radius 1 is 0.361 bits per heavy atom. The van der Waals surface area contributed by atoms with Crippen LogP contribution in [0.25, 0.3) is 0 Å². The number of ether oxygens (including phenoxy) is 10. The molecular weight excluding hydrogens is 1250 g/mol. The average molecular weight is 1320 g/mol. The van der Waals surface area contributed by atoms with E-state index in [4.69, 9.17) is 47.4 Å². The third kappa shape index (κ3) is 12.2. The number of aliphatic hydroxyl groups is 1. The second-order valence-electron chi connectivity index (χ2n) is 23.6.